The van der Waals surface area contributed by atoms with Gasteiger partial charge in [-0.2, -0.15) is 0 Å². The predicted octanol–water partition coefficient (Wildman–Crippen LogP) is 1.75. The molecule has 2 saturated carbocycles. The van der Waals surface area contributed by atoms with Gasteiger partial charge in [0.05, 0.1) is 0 Å². The molecule has 1 N–H and O–H groups in total. The van der Waals surface area contributed by atoms with Crippen molar-refractivity contribution >= 4 is 0 Å². The van der Waals surface area contributed by atoms with Gasteiger partial charge in [0.25, 0.3) is 0 Å². The molecule has 15 heavy (non-hydrogen) atoms. The van der Waals surface area contributed by atoms with Gasteiger partial charge < -0.3 is 5.32 Å². The first kappa shape index (κ1) is 9.28. The molecule has 1 aromatic rings. The van der Waals surface area contributed by atoms with E-state index in [-0.39, 0.29) is 0 Å². The van der Waals surface area contributed by atoms with Gasteiger partial charge in [0.15, 0.2) is 0 Å². The van der Waals surface area contributed by atoms with Gasteiger partial charge in [0.1, 0.15) is 6.33 Å². The van der Waals surface area contributed by atoms with Crippen molar-refractivity contribution in [2.45, 2.75) is 38.3 Å². The molecule has 2 aliphatic carbocycles. The van der Waals surface area contributed by atoms with Gasteiger partial charge in [-0.3, -0.25) is 0 Å². The van der Waals surface area contributed by atoms with E-state index in [1.165, 1.54) is 31.2 Å². The van der Waals surface area contributed by atoms with E-state index in [2.05, 4.69) is 15.3 Å². The summed E-state index contributed by atoms with van der Waals surface area (Å²) in [5.41, 5.74) is 1.19. The van der Waals surface area contributed by atoms with E-state index < -0.39 is 0 Å². The number of hydrogen-bond donors (Lipinski definition) is 1. The molecule has 0 saturated heterocycles. The smallest absolute Gasteiger partial charge is 0.115 e. The van der Waals surface area contributed by atoms with Crippen LogP contribution in [0.4, 0.5) is 0 Å². The standard InChI is InChI=1S/C12H17N3/c1-2-11-3-9(1)4-12(11)15-7-10-5-13-8-14-6-10/h5-6,8-9,11-12,15H,1-4,7H2. The Labute approximate surface area is 90.3 Å². The van der Waals surface area contributed by atoms with Crippen LogP contribution in [0.2, 0.25) is 0 Å². The van der Waals surface area contributed by atoms with Gasteiger partial charge in [0.2, 0.25) is 0 Å². The van der Waals surface area contributed by atoms with Crippen molar-refractivity contribution in [3.63, 3.8) is 0 Å². The first-order valence-electron chi connectivity index (χ1n) is 5.89. The van der Waals surface area contributed by atoms with Crippen LogP contribution in [-0.2, 0) is 6.54 Å². The quantitative estimate of drug-likeness (QED) is 0.813. The third-order valence-corrected chi connectivity index (χ3v) is 3.92. The van der Waals surface area contributed by atoms with Gasteiger partial charge in [-0.15, -0.1) is 0 Å². The second kappa shape index (κ2) is 3.89. The van der Waals surface area contributed by atoms with Crippen LogP contribution in [-0.4, -0.2) is 16.0 Å². The van der Waals surface area contributed by atoms with Crippen LogP contribution < -0.4 is 5.32 Å². The molecule has 3 unspecified atom stereocenters. The molecule has 2 fully saturated rings. The lowest BCUT2D eigenvalue weighted by molar-refractivity contribution is 0.350. The first-order chi connectivity index (χ1) is 7.42. The highest BCUT2D eigenvalue weighted by atomic mass is 14.9. The van der Waals surface area contributed by atoms with Crippen molar-refractivity contribution in [2.75, 3.05) is 0 Å². The van der Waals surface area contributed by atoms with Crippen LogP contribution in [0.15, 0.2) is 18.7 Å². The highest BCUT2D eigenvalue weighted by Crippen LogP contribution is 2.44. The molecule has 2 bridgehead atoms. The first-order valence-corrected chi connectivity index (χ1v) is 5.89. The fourth-order valence-electron chi connectivity index (χ4n) is 3.16. The third-order valence-electron chi connectivity index (χ3n) is 3.92. The Bertz CT molecular complexity index is 325. The van der Waals surface area contributed by atoms with Crippen LogP contribution in [0.3, 0.4) is 0 Å². The van der Waals surface area contributed by atoms with E-state index in [1.54, 1.807) is 6.33 Å². The maximum absolute atomic E-state index is 4.03. The van der Waals surface area contributed by atoms with Crippen molar-refractivity contribution in [3.8, 4) is 0 Å². The largest absolute Gasteiger partial charge is 0.310 e. The summed E-state index contributed by atoms with van der Waals surface area (Å²) >= 11 is 0. The summed E-state index contributed by atoms with van der Waals surface area (Å²) in [5.74, 6) is 1.96. The Hall–Kier alpha value is -0.960. The van der Waals surface area contributed by atoms with E-state index in [0.717, 1.165) is 24.4 Å². The SMILES string of the molecule is c1ncc(CNC2CC3CCC2C3)cn1. The third kappa shape index (κ3) is 1.88. The van der Waals surface area contributed by atoms with E-state index in [9.17, 15) is 0 Å². The fraction of sp³-hybridized carbons (Fsp3) is 0.667. The van der Waals surface area contributed by atoms with Gasteiger partial charge in [-0.25, -0.2) is 9.97 Å². The Kier molecular flexibility index (Phi) is 2.41. The summed E-state index contributed by atoms with van der Waals surface area (Å²) < 4.78 is 0. The normalized spacial score (nSPS) is 33.5. The number of fused-ring (bicyclic) bond motifs is 2. The molecule has 0 radical (unpaired) electrons. The Balaban J connectivity index is 1.55. The Morgan fingerprint density at radius 3 is 2.73 bits per heavy atom. The minimum absolute atomic E-state index is 0.754. The maximum atomic E-state index is 4.03. The average Bonchev–Trinajstić information content (AvgIpc) is 2.89. The molecular weight excluding hydrogens is 186 g/mol. The van der Waals surface area contributed by atoms with Gasteiger partial charge >= 0.3 is 0 Å². The number of rotatable bonds is 3. The number of nitrogens with zero attached hydrogens (tertiary/aromatic N) is 2. The van der Waals surface area contributed by atoms with Crippen LogP contribution in [0, 0.1) is 11.8 Å². The molecule has 0 amide bonds. The van der Waals surface area contributed by atoms with Gasteiger partial charge in [-0.05, 0) is 31.1 Å². The zero-order valence-electron chi connectivity index (χ0n) is 8.89. The lowest BCUT2D eigenvalue weighted by Gasteiger charge is -2.22. The second-order valence-corrected chi connectivity index (χ2v) is 4.91. The Morgan fingerprint density at radius 2 is 2.07 bits per heavy atom. The van der Waals surface area contributed by atoms with E-state index >= 15 is 0 Å². The number of aromatic nitrogens is 2. The lowest BCUT2D eigenvalue weighted by atomic mass is 9.95. The van der Waals surface area contributed by atoms with E-state index in [1.807, 2.05) is 12.4 Å². The summed E-state index contributed by atoms with van der Waals surface area (Å²) in [6, 6.07) is 0.754. The molecule has 80 valence electrons. The molecule has 0 spiro atoms. The fourth-order valence-corrected chi connectivity index (χ4v) is 3.16. The van der Waals surface area contributed by atoms with Gasteiger partial charge in [-0.1, -0.05) is 6.42 Å². The van der Waals surface area contributed by atoms with Crippen molar-refractivity contribution < 1.29 is 0 Å². The molecular formula is C12H17N3. The molecule has 3 heteroatoms. The molecule has 1 aromatic heterocycles. The highest BCUT2D eigenvalue weighted by molar-refractivity contribution is 5.03. The van der Waals surface area contributed by atoms with Crippen LogP contribution in [0.25, 0.3) is 0 Å². The summed E-state index contributed by atoms with van der Waals surface area (Å²) in [6.07, 6.45) is 11.1. The molecule has 3 atom stereocenters. The predicted molar refractivity (Wildman–Crippen MR) is 58.1 cm³/mol. The van der Waals surface area contributed by atoms with Crippen LogP contribution in [0.1, 0.15) is 31.2 Å². The Morgan fingerprint density at radius 1 is 1.20 bits per heavy atom. The topological polar surface area (TPSA) is 37.8 Å². The minimum Gasteiger partial charge on any atom is -0.310 e. The molecule has 1 heterocycles. The zero-order valence-corrected chi connectivity index (χ0v) is 8.89. The summed E-state index contributed by atoms with van der Waals surface area (Å²) in [7, 11) is 0. The summed E-state index contributed by atoms with van der Waals surface area (Å²) in [4.78, 5) is 8.05. The zero-order chi connectivity index (χ0) is 10.1. The lowest BCUT2D eigenvalue weighted by Crippen LogP contribution is -2.33. The van der Waals surface area contributed by atoms with E-state index in [0.29, 0.717) is 0 Å². The second-order valence-electron chi connectivity index (χ2n) is 4.91. The molecule has 0 aliphatic heterocycles. The van der Waals surface area contributed by atoms with E-state index in [4.69, 9.17) is 0 Å². The highest BCUT2D eigenvalue weighted by Gasteiger charge is 2.38. The molecule has 3 nitrogen and oxygen atoms in total. The average molecular weight is 203 g/mol. The summed E-state index contributed by atoms with van der Waals surface area (Å²) in [6.45, 7) is 0.925. The van der Waals surface area contributed by atoms with Crippen molar-refractivity contribution in [2.24, 2.45) is 11.8 Å². The molecule has 3 rings (SSSR count). The van der Waals surface area contributed by atoms with Crippen LogP contribution in [0.5, 0.6) is 0 Å². The monoisotopic (exact) mass is 203 g/mol. The van der Waals surface area contributed by atoms with Crippen molar-refractivity contribution in [1.29, 1.82) is 0 Å². The summed E-state index contributed by atoms with van der Waals surface area (Å²) in [5, 5.41) is 3.65. The maximum Gasteiger partial charge on any atom is 0.115 e. The number of nitrogens with one attached hydrogen (secondary N) is 1. The van der Waals surface area contributed by atoms with Crippen LogP contribution >= 0.6 is 0 Å². The minimum atomic E-state index is 0.754. The van der Waals surface area contributed by atoms with Gasteiger partial charge in [0, 0.05) is 30.5 Å². The van der Waals surface area contributed by atoms with Crippen molar-refractivity contribution in [1.82, 2.24) is 15.3 Å². The molecule has 2 aliphatic rings. The molecule has 0 aromatic carbocycles. The number of hydrogen-bond acceptors (Lipinski definition) is 3. The van der Waals surface area contributed by atoms with Crippen molar-refractivity contribution in [3.05, 3.63) is 24.3 Å².